The maximum Gasteiger partial charge on any atom is 0.317 e. The molecule has 0 aliphatic carbocycles. The van der Waals surface area contributed by atoms with Gasteiger partial charge in [0.1, 0.15) is 29.2 Å². The topological polar surface area (TPSA) is 194 Å². The number of aliphatic hydroxyl groups is 2. The highest BCUT2D eigenvalue weighted by atomic mass is 127. The van der Waals surface area contributed by atoms with E-state index < -0.39 is 82.0 Å². The lowest BCUT2D eigenvalue weighted by Gasteiger charge is -2.54. The van der Waals surface area contributed by atoms with Crippen LogP contribution in [0.25, 0.3) is 11.0 Å². The van der Waals surface area contributed by atoms with Crippen LogP contribution in [0.15, 0.2) is 24.5 Å². The zero-order valence-corrected chi connectivity index (χ0v) is 38.4. The van der Waals surface area contributed by atoms with E-state index >= 15 is 0 Å². The lowest BCUT2D eigenvalue weighted by Crippen LogP contribution is -2.69. The van der Waals surface area contributed by atoms with Crippen LogP contribution >= 0.6 is 22.6 Å². The summed E-state index contributed by atoms with van der Waals surface area (Å²) in [6.45, 7) is 13.1. The predicted octanol–water partition coefficient (Wildman–Crippen LogP) is 3.15. The number of carbonyl (C=O) groups excluding carboxylic acids is 3. The Labute approximate surface area is 361 Å². The molecule has 3 N–H and O–H groups in total. The highest BCUT2D eigenvalue weighted by Gasteiger charge is 2.55. The number of cyclic esters (lactones) is 1. The number of aromatic nitrogens is 2. The van der Waals surface area contributed by atoms with Crippen LogP contribution in [0.3, 0.4) is 0 Å². The van der Waals surface area contributed by atoms with E-state index in [4.69, 9.17) is 23.7 Å². The Morgan fingerprint density at radius 1 is 1.02 bits per heavy atom. The van der Waals surface area contributed by atoms with E-state index in [2.05, 4.69) is 14.9 Å². The zero-order valence-electron chi connectivity index (χ0n) is 36.2. The first-order valence-corrected chi connectivity index (χ1v) is 21.7. The number of likely N-dealkylation sites (N-methyl/N-ethyl adjacent to an activating group) is 1. The number of pyridine rings is 2. The van der Waals surface area contributed by atoms with E-state index in [-0.39, 0.29) is 36.1 Å². The predicted molar refractivity (Wildman–Crippen MR) is 226 cm³/mol. The molecule has 16 nitrogen and oxygen atoms in total. The average Bonchev–Trinajstić information content (AvgIpc) is 3.19. The van der Waals surface area contributed by atoms with Crippen LogP contribution in [0.2, 0.25) is 0 Å². The van der Waals surface area contributed by atoms with Crippen molar-refractivity contribution in [3.8, 4) is 5.75 Å². The Morgan fingerprint density at radius 2 is 1.69 bits per heavy atom. The SMILES string of the molecule is CO[C@@]1(C)[C@@H](N(CO)C2CN(Cc3c(O)cnc4cccnc34)C2)[C@@H](C)C(=O)[C@H](C)C[C@@](C)(OC)[C@H](O[C@@H]2O[C@H](C)C[C@H](N(C)C)[C@H]2O)[C@@H](C)C(=O)[C@@H](C)C(=O)O[C@@H]1I. The Hall–Kier alpha value is -2.46. The maximum atomic E-state index is 14.9. The second-order valence-corrected chi connectivity index (χ2v) is 18.6. The number of fused-ring (bicyclic) bond motifs is 1. The number of halogens is 1. The van der Waals surface area contributed by atoms with Crippen molar-refractivity contribution < 1.29 is 53.4 Å². The van der Waals surface area contributed by atoms with Gasteiger partial charge in [0.2, 0.25) is 0 Å². The van der Waals surface area contributed by atoms with Crippen LogP contribution in [0.1, 0.15) is 66.9 Å². The fourth-order valence-electron chi connectivity index (χ4n) is 9.41. The maximum absolute atomic E-state index is 14.9. The summed E-state index contributed by atoms with van der Waals surface area (Å²) in [5.41, 5.74) is -0.749. The minimum absolute atomic E-state index is 0.0343. The van der Waals surface area contributed by atoms with Crippen molar-refractivity contribution in [2.75, 3.05) is 48.1 Å². The van der Waals surface area contributed by atoms with Crippen LogP contribution in [-0.4, -0.2) is 164 Å². The fraction of sp³-hybridized carbons (Fsp3) is 0.738. The lowest BCUT2D eigenvalue weighted by atomic mass is 9.74. The molecule has 0 aromatic carbocycles. The number of aliphatic hydroxyl groups excluding tert-OH is 2. The Morgan fingerprint density at radius 3 is 2.31 bits per heavy atom. The van der Waals surface area contributed by atoms with Gasteiger partial charge in [-0.25, -0.2) is 0 Å². The van der Waals surface area contributed by atoms with Gasteiger partial charge in [0.25, 0.3) is 0 Å². The number of hydrogen-bond donors (Lipinski definition) is 3. The van der Waals surface area contributed by atoms with Crippen LogP contribution in [0.5, 0.6) is 5.75 Å². The summed E-state index contributed by atoms with van der Waals surface area (Å²) in [5, 5.41) is 33.4. The molecule has 3 aliphatic heterocycles. The number of likely N-dealkylation sites (tertiary alicyclic amines) is 1. The summed E-state index contributed by atoms with van der Waals surface area (Å²) >= 11 is 1.98. The first-order chi connectivity index (χ1) is 27.7. The highest BCUT2D eigenvalue weighted by molar-refractivity contribution is 14.1. The molecule has 0 spiro atoms. The van der Waals surface area contributed by atoms with Gasteiger partial charge >= 0.3 is 5.97 Å². The van der Waals surface area contributed by atoms with E-state index in [0.29, 0.717) is 42.7 Å². The smallest absolute Gasteiger partial charge is 0.317 e. The molecule has 0 radical (unpaired) electrons. The molecule has 0 amide bonds. The summed E-state index contributed by atoms with van der Waals surface area (Å²) in [7, 11) is 6.70. The minimum Gasteiger partial charge on any atom is -0.506 e. The molecule has 17 heteroatoms. The summed E-state index contributed by atoms with van der Waals surface area (Å²) in [6.07, 6.45) is 0.218. The standard InChI is InChI=1S/C42H64IN5O11/c1-22-16-41(6,55-10)37(58-39-35(53)30(46(8)9)15-23(2)57-39)25(4)34(52)26(5)38(54)59-40(43)42(7,56-11)36(24(3)33(22)51)48(21-49)27-18-47(19-27)20-28-31(50)17-45-29-13-12-14-44-32(28)29/h12-14,17,22-27,30,35-37,39-40,49-50,53H,15-16,18-21H2,1-11H3/t22-,23-,24+,25+,26-,30+,35-,36+,37-,39+,40+,41-,42+/m1/s1. The second-order valence-electron chi connectivity index (χ2n) is 17.4. The van der Waals surface area contributed by atoms with Crippen LogP contribution in [0.4, 0.5) is 0 Å². The number of hydrogen-bond acceptors (Lipinski definition) is 16. The fourth-order valence-corrected chi connectivity index (χ4v) is 10.3. The first kappa shape index (κ1) is 47.6. The van der Waals surface area contributed by atoms with E-state index in [1.165, 1.54) is 27.3 Å². The van der Waals surface area contributed by atoms with Gasteiger partial charge in [-0.2, -0.15) is 0 Å². The number of nitrogens with zero attached hydrogens (tertiary/aromatic N) is 5. The number of esters is 1. The molecule has 330 valence electrons. The van der Waals surface area contributed by atoms with Gasteiger partial charge in [0.15, 0.2) is 16.2 Å². The second kappa shape index (κ2) is 19.3. The molecule has 3 aliphatic rings. The number of carbonyl (C=O) groups is 3. The van der Waals surface area contributed by atoms with E-state index in [0.717, 1.165) is 0 Å². The third kappa shape index (κ3) is 9.64. The van der Waals surface area contributed by atoms with Crippen molar-refractivity contribution in [2.24, 2.45) is 23.7 Å². The summed E-state index contributed by atoms with van der Waals surface area (Å²) < 4.78 is 30.3. The van der Waals surface area contributed by atoms with Crippen LogP contribution in [0, 0.1) is 23.7 Å². The molecule has 5 heterocycles. The van der Waals surface area contributed by atoms with Crippen LogP contribution in [-0.2, 0) is 44.6 Å². The van der Waals surface area contributed by atoms with Crippen LogP contribution < -0.4 is 0 Å². The number of alkyl halides is 1. The molecular weight excluding hydrogens is 877 g/mol. The van der Waals surface area contributed by atoms with Gasteiger partial charge in [-0.1, -0.05) is 20.8 Å². The van der Waals surface area contributed by atoms with E-state index in [1.54, 1.807) is 46.9 Å². The quantitative estimate of drug-likeness (QED) is 0.103. The number of rotatable bonds is 10. The van der Waals surface area contributed by atoms with Gasteiger partial charge in [-0.15, -0.1) is 0 Å². The van der Waals surface area contributed by atoms with Crippen molar-refractivity contribution >= 4 is 51.2 Å². The molecule has 0 unspecified atom stereocenters. The molecule has 2 aromatic rings. The van der Waals surface area contributed by atoms with Crippen molar-refractivity contribution in [1.29, 1.82) is 0 Å². The Kier molecular flexibility index (Phi) is 15.6. The van der Waals surface area contributed by atoms with Gasteiger partial charge in [-0.3, -0.25) is 34.2 Å². The highest BCUT2D eigenvalue weighted by Crippen LogP contribution is 2.42. The van der Waals surface area contributed by atoms with Gasteiger partial charge < -0.3 is 43.9 Å². The molecule has 0 saturated carbocycles. The first-order valence-electron chi connectivity index (χ1n) is 20.4. The van der Waals surface area contributed by atoms with Gasteiger partial charge in [0, 0.05) is 75.5 Å². The molecule has 13 atom stereocenters. The molecule has 3 fully saturated rings. The molecule has 2 aromatic heterocycles. The molecule has 5 rings (SSSR count). The number of aromatic hydroxyl groups is 1. The number of ether oxygens (including phenoxy) is 5. The average molecular weight is 942 g/mol. The van der Waals surface area contributed by atoms with Gasteiger partial charge in [0.05, 0.1) is 47.8 Å². The zero-order chi connectivity index (χ0) is 43.7. The number of ketones is 2. The Balaban J connectivity index is 1.49. The molecule has 0 bridgehead atoms. The van der Waals surface area contributed by atoms with E-state index in [1.807, 2.05) is 59.5 Å². The van der Waals surface area contributed by atoms with Crippen molar-refractivity contribution in [1.82, 2.24) is 24.7 Å². The third-order valence-electron chi connectivity index (χ3n) is 13.1. The van der Waals surface area contributed by atoms with Gasteiger partial charge in [-0.05, 0) is 89.4 Å². The molecular formula is C42H64IN5O11. The summed E-state index contributed by atoms with van der Waals surface area (Å²) in [6, 6.07) is 2.25. The molecule has 3 saturated heterocycles. The molecule has 59 heavy (non-hydrogen) atoms. The van der Waals surface area contributed by atoms with Crippen molar-refractivity contribution in [3.05, 3.63) is 30.1 Å². The van der Waals surface area contributed by atoms with Crippen molar-refractivity contribution in [2.45, 2.75) is 126 Å². The minimum atomic E-state index is -1.36. The van der Waals surface area contributed by atoms with Crippen molar-refractivity contribution in [3.63, 3.8) is 0 Å². The normalized spacial score (nSPS) is 37.4. The summed E-state index contributed by atoms with van der Waals surface area (Å²) in [4.78, 5) is 57.7. The number of methoxy groups -OCH3 is 2. The Bertz CT molecular complexity index is 1800. The number of Topliss-reactive ketones (excluding diaryl/α,β-unsaturated/α-hetero) is 2. The monoisotopic (exact) mass is 941 g/mol. The lowest BCUT2D eigenvalue weighted by molar-refractivity contribution is -0.295. The largest absolute Gasteiger partial charge is 0.506 e. The van der Waals surface area contributed by atoms with E-state index in [9.17, 15) is 29.7 Å². The third-order valence-corrected chi connectivity index (χ3v) is 14.6. The summed E-state index contributed by atoms with van der Waals surface area (Å²) in [5.74, 6) is -5.02.